The fourth-order valence-corrected chi connectivity index (χ4v) is 3.72. The normalized spacial score (nSPS) is 10.7. The smallest absolute Gasteiger partial charge is 0.242 e. The van der Waals surface area contributed by atoms with Crippen molar-refractivity contribution in [2.24, 2.45) is 0 Å². The Hall–Kier alpha value is -3.85. The zero-order valence-corrected chi connectivity index (χ0v) is 19.3. The SMILES string of the molecule is COc1ccc(CNC(=O)Cn2nc(Cc3ccc(OC)cc3)n(-n3cccc3)c2=S)cc1. The highest BCUT2D eigenvalue weighted by atomic mass is 32.1. The molecular weight excluding hydrogens is 438 g/mol. The van der Waals surface area contributed by atoms with E-state index in [2.05, 4.69) is 10.4 Å². The van der Waals surface area contributed by atoms with Crippen LogP contribution in [0, 0.1) is 4.77 Å². The highest BCUT2D eigenvalue weighted by Crippen LogP contribution is 2.15. The van der Waals surface area contributed by atoms with Gasteiger partial charge in [0.05, 0.1) is 14.2 Å². The van der Waals surface area contributed by atoms with Crippen LogP contribution < -0.4 is 14.8 Å². The number of carbonyl (C=O) groups is 1. The highest BCUT2D eigenvalue weighted by Gasteiger charge is 2.15. The summed E-state index contributed by atoms with van der Waals surface area (Å²) in [4.78, 5) is 12.6. The molecule has 0 aliphatic heterocycles. The van der Waals surface area contributed by atoms with Crippen LogP contribution in [0.15, 0.2) is 73.1 Å². The third kappa shape index (κ3) is 5.32. The maximum atomic E-state index is 12.6. The molecule has 2 heterocycles. The van der Waals surface area contributed by atoms with E-state index in [1.807, 2.05) is 82.4 Å². The van der Waals surface area contributed by atoms with Gasteiger partial charge >= 0.3 is 0 Å². The standard InChI is InChI=1S/C24H25N5O3S/c1-31-20-9-5-18(6-10-20)15-22-26-28(24(33)29(22)27-13-3-4-14-27)17-23(30)25-16-19-7-11-21(32-2)12-8-19/h3-14H,15-17H2,1-2H3,(H,25,30). The zero-order chi connectivity index (χ0) is 23.2. The van der Waals surface area contributed by atoms with Crippen LogP contribution in [0.3, 0.4) is 0 Å². The van der Waals surface area contributed by atoms with Crippen molar-refractivity contribution in [1.82, 2.24) is 24.4 Å². The minimum atomic E-state index is -0.171. The van der Waals surface area contributed by atoms with Gasteiger partial charge < -0.3 is 14.8 Å². The average Bonchev–Trinajstić information content (AvgIpc) is 3.46. The Kier molecular flexibility index (Phi) is 6.89. The molecule has 0 unspecified atom stereocenters. The number of nitrogens with zero attached hydrogens (tertiary/aromatic N) is 4. The molecular formula is C24H25N5O3S. The molecule has 4 rings (SSSR count). The molecule has 4 aromatic rings. The lowest BCUT2D eigenvalue weighted by Gasteiger charge is -2.08. The molecule has 0 saturated carbocycles. The fraction of sp³-hybridized carbons (Fsp3) is 0.208. The van der Waals surface area contributed by atoms with Crippen molar-refractivity contribution in [3.05, 3.63) is 94.8 Å². The predicted octanol–water partition coefficient (Wildman–Crippen LogP) is 3.45. The Labute approximate surface area is 197 Å². The van der Waals surface area contributed by atoms with Gasteiger partial charge in [-0.15, -0.1) is 0 Å². The topological polar surface area (TPSA) is 75.2 Å². The van der Waals surface area contributed by atoms with Gasteiger partial charge in [-0.2, -0.15) is 5.10 Å². The van der Waals surface area contributed by atoms with Crippen molar-refractivity contribution < 1.29 is 14.3 Å². The van der Waals surface area contributed by atoms with Crippen LogP contribution in [0.4, 0.5) is 0 Å². The van der Waals surface area contributed by atoms with Crippen molar-refractivity contribution in [1.29, 1.82) is 0 Å². The third-order valence-corrected chi connectivity index (χ3v) is 5.55. The number of benzene rings is 2. The summed E-state index contributed by atoms with van der Waals surface area (Å²) < 4.78 is 16.1. The second-order valence-electron chi connectivity index (χ2n) is 7.38. The quantitative estimate of drug-likeness (QED) is 0.385. The van der Waals surface area contributed by atoms with E-state index >= 15 is 0 Å². The summed E-state index contributed by atoms with van der Waals surface area (Å²) in [5, 5.41) is 7.59. The number of hydrogen-bond acceptors (Lipinski definition) is 5. The fourth-order valence-electron chi connectivity index (χ4n) is 3.41. The first kappa shape index (κ1) is 22.3. The van der Waals surface area contributed by atoms with Gasteiger partial charge in [0, 0.05) is 25.4 Å². The van der Waals surface area contributed by atoms with Gasteiger partial charge in [-0.1, -0.05) is 24.3 Å². The lowest BCUT2D eigenvalue weighted by molar-refractivity contribution is -0.122. The number of amides is 1. The van der Waals surface area contributed by atoms with Crippen LogP contribution in [-0.4, -0.2) is 39.3 Å². The molecule has 0 atom stereocenters. The third-order valence-electron chi connectivity index (χ3n) is 5.17. The number of nitrogens with one attached hydrogen (secondary N) is 1. The molecule has 0 aliphatic rings. The Morgan fingerprint density at radius 1 is 0.939 bits per heavy atom. The van der Waals surface area contributed by atoms with Crippen LogP contribution in [0.2, 0.25) is 0 Å². The van der Waals surface area contributed by atoms with Gasteiger partial charge in [-0.3, -0.25) is 9.47 Å². The largest absolute Gasteiger partial charge is 0.497 e. The van der Waals surface area contributed by atoms with Crippen LogP contribution in [-0.2, 0) is 24.3 Å². The molecule has 0 bridgehead atoms. The van der Waals surface area contributed by atoms with Gasteiger partial charge in [0.15, 0.2) is 5.82 Å². The summed E-state index contributed by atoms with van der Waals surface area (Å²) in [6.45, 7) is 0.437. The summed E-state index contributed by atoms with van der Waals surface area (Å²) in [7, 11) is 3.26. The molecule has 2 aromatic carbocycles. The first-order valence-corrected chi connectivity index (χ1v) is 10.8. The second kappa shape index (κ2) is 10.2. The molecule has 1 amide bonds. The van der Waals surface area contributed by atoms with E-state index in [-0.39, 0.29) is 12.5 Å². The highest BCUT2D eigenvalue weighted by molar-refractivity contribution is 7.71. The average molecular weight is 464 g/mol. The zero-order valence-electron chi connectivity index (χ0n) is 18.5. The van der Waals surface area contributed by atoms with Crippen molar-refractivity contribution in [3.63, 3.8) is 0 Å². The van der Waals surface area contributed by atoms with E-state index < -0.39 is 0 Å². The van der Waals surface area contributed by atoms with E-state index in [1.165, 1.54) is 0 Å². The molecule has 2 aromatic heterocycles. The first-order valence-electron chi connectivity index (χ1n) is 10.4. The minimum Gasteiger partial charge on any atom is -0.497 e. The first-order chi connectivity index (χ1) is 16.1. The summed E-state index contributed by atoms with van der Waals surface area (Å²) in [5.41, 5.74) is 2.03. The Bertz CT molecular complexity index is 1260. The molecule has 0 aliphatic carbocycles. The van der Waals surface area contributed by atoms with E-state index in [0.717, 1.165) is 28.5 Å². The minimum absolute atomic E-state index is 0.0267. The van der Waals surface area contributed by atoms with Crippen LogP contribution in [0.25, 0.3) is 0 Å². The molecule has 8 nitrogen and oxygen atoms in total. The number of aromatic nitrogens is 4. The van der Waals surface area contributed by atoms with Crippen LogP contribution in [0.1, 0.15) is 17.0 Å². The molecule has 9 heteroatoms. The lowest BCUT2D eigenvalue weighted by Crippen LogP contribution is -2.27. The van der Waals surface area contributed by atoms with Gasteiger partial charge in [0.2, 0.25) is 10.7 Å². The van der Waals surface area contributed by atoms with Gasteiger partial charge in [-0.05, 0) is 59.7 Å². The Balaban J connectivity index is 1.51. The van der Waals surface area contributed by atoms with E-state index in [0.29, 0.717) is 17.7 Å². The Morgan fingerprint density at radius 3 is 2.09 bits per heavy atom. The molecule has 0 fully saturated rings. The number of hydrogen-bond donors (Lipinski definition) is 1. The number of carbonyl (C=O) groups excluding carboxylic acids is 1. The molecule has 33 heavy (non-hydrogen) atoms. The van der Waals surface area contributed by atoms with Gasteiger partial charge in [0.25, 0.3) is 0 Å². The van der Waals surface area contributed by atoms with Crippen LogP contribution in [0.5, 0.6) is 11.5 Å². The number of methoxy groups -OCH3 is 2. The molecule has 0 saturated heterocycles. The van der Waals surface area contributed by atoms with Crippen LogP contribution >= 0.6 is 12.2 Å². The van der Waals surface area contributed by atoms with Crippen molar-refractivity contribution in [3.8, 4) is 11.5 Å². The van der Waals surface area contributed by atoms with Gasteiger partial charge in [-0.25, -0.2) is 9.36 Å². The van der Waals surface area contributed by atoms with E-state index in [4.69, 9.17) is 21.7 Å². The number of ether oxygens (including phenoxy) is 2. The molecule has 170 valence electrons. The molecule has 0 radical (unpaired) electrons. The van der Waals surface area contributed by atoms with Gasteiger partial charge in [0.1, 0.15) is 18.0 Å². The number of rotatable bonds is 9. The Morgan fingerprint density at radius 2 is 1.52 bits per heavy atom. The summed E-state index contributed by atoms with van der Waals surface area (Å²) >= 11 is 5.67. The summed E-state index contributed by atoms with van der Waals surface area (Å²) in [6, 6.07) is 19.2. The van der Waals surface area contributed by atoms with Crippen molar-refractivity contribution in [2.45, 2.75) is 19.5 Å². The summed E-state index contributed by atoms with van der Waals surface area (Å²) in [5.74, 6) is 2.12. The lowest BCUT2D eigenvalue weighted by atomic mass is 10.1. The van der Waals surface area contributed by atoms with Crippen molar-refractivity contribution >= 4 is 18.1 Å². The van der Waals surface area contributed by atoms with E-state index in [1.54, 1.807) is 18.9 Å². The maximum absolute atomic E-state index is 12.6. The predicted molar refractivity (Wildman–Crippen MR) is 127 cm³/mol. The second-order valence-corrected chi connectivity index (χ2v) is 7.75. The van der Waals surface area contributed by atoms with E-state index in [9.17, 15) is 4.79 Å². The monoisotopic (exact) mass is 463 g/mol. The maximum Gasteiger partial charge on any atom is 0.242 e. The van der Waals surface area contributed by atoms with Crippen molar-refractivity contribution in [2.75, 3.05) is 14.2 Å². The molecule has 0 spiro atoms. The summed E-state index contributed by atoms with van der Waals surface area (Å²) in [6.07, 6.45) is 4.33. The molecule has 1 N–H and O–H groups in total.